The molecule has 1 amide bonds. The van der Waals surface area contributed by atoms with Gasteiger partial charge in [0.25, 0.3) is 15.7 Å². The Kier molecular flexibility index (Phi) is 5.13. The van der Waals surface area contributed by atoms with Crippen molar-refractivity contribution in [1.29, 1.82) is 0 Å². The lowest BCUT2D eigenvalue weighted by atomic mass is 10.1. The van der Waals surface area contributed by atoms with E-state index < -0.39 is 14.9 Å². The first-order valence-corrected chi connectivity index (χ1v) is 9.94. The van der Waals surface area contributed by atoms with Crippen molar-refractivity contribution in [2.75, 3.05) is 16.2 Å². The van der Waals surface area contributed by atoms with Crippen molar-refractivity contribution in [2.24, 2.45) is 0 Å². The molecule has 9 heteroatoms. The van der Waals surface area contributed by atoms with Crippen molar-refractivity contribution < 1.29 is 18.1 Å². The molecule has 0 aromatic heterocycles. The molecule has 1 aliphatic rings. The van der Waals surface area contributed by atoms with Gasteiger partial charge in [0.15, 0.2) is 0 Å². The Morgan fingerprint density at radius 1 is 1.15 bits per heavy atom. The summed E-state index contributed by atoms with van der Waals surface area (Å²) >= 11 is 0. The van der Waals surface area contributed by atoms with Gasteiger partial charge in [-0.1, -0.05) is 12.1 Å². The molecule has 0 saturated carbocycles. The topological polar surface area (TPSA) is 110 Å². The van der Waals surface area contributed by atoms with Gasteiger partial charge in [0.2, 0.25) is 5.91 Å². The van der Waals surface area contributed by atoms with E-state index in [1.165, 1.54) is 18.2 Å². The Balaban J connectivity index is 1.91. The number of carbonyl (C=O) groups is 1. The maximum Gasteiger partial charge on any atom is 0.270 e. The molecule has 1 N–H and O–H groups in total. The molecule has 1 heterocycles. The van der Waals surface area contributed by atoms with Crippen LogP contribution in [0.15, 0.2) is 47.4 Å². The van der Waals surface area contributed by atoms with Gasteiger partial charge in [-0.25, -0.2) is 8.42 Å². The molecule has 2 aromatic carbocycles. The van der Waals surface area contributed by atoms with Crippen LogP contribution in [-0.4, -0.2) is 25.8 Å². The summed E-state index contributed by atoms with van der Waals surface area (Å²) in [4.78, 5) is 23.9. The SMILES string of the molecule is Cc1ccc(NS(=O)(=O)c2cccc([N+](=O)[O-])c2)cc1N1CCCCC1=O. The van der Waals surface area contributed by atoms with Crippen molar-refractivity contribution in [2.45, 2.75) is 31.1 Å². The minimum absolute atomic E-state index is 0.0167. The first kappa shape index (κ1) is 18.8. The summed E-state index contributed by atoms with van der Waals surface area (Å²) < 4.78 is 27.6. The summed E-state index contributed by atoms with van der Waals surface area (Å²) in [5.41, 5.74) is 1.52. The highest BCUT2D eigenvalue weighted by molar-refractivity contribution is 7.92. The molecule has 0 unspecified atom stereocenters. The number of hydrogen-bond donors (Lipinski definition) is 1. The molecule has 1 saturated heterocycles. The van der Waals surface area contributed by atoms with Gasteiger partial charge in [0, 0.05) is 30.8 Å². The fourth-order valence-electron chi connectivity index (χ4n) is 3.00. The van der Waals surface area contributed by atoms with Crippen molar-refractivity contribution in [3.63, 3.8) is 0 Å². The molecule has 0 bridgehead atoms. The average Bonchev–Trinajstić information content (AvgIpc) is 2.64. The summed E-state index contributed by atoms with van der Waals surface area (Å²) in [5, 5.41) is 10.9. The molecule has 142 valence electrons. The summed E-state index contributed by atoms with van der Waals surface area (Å²) in [7, 11) is -4.00. The van der Waals surface area contributed by atoms with Gasteiger partial charge in [0.05, 0.1) is 15.5 Å². The number of benzene rings is 2. The number of nitrogens with one attached hydrogen (secondary N) is 1. The lowest BCUT2D eigenvalue weighted by Gasteiger charge is -2.28. The van der Waals surface area contributed by atoms with Gasteiger partial charge in [-0.3, -0.25) is 19.6 Å². The van der Waals surface area contributed by atoms with Crippen molar-refractivity contribution >= 4 is 33.0 Å². The summed E-state index contributed by atoms with van der Waals surface area (Å²) in [5.74, 6) is 0.0167. The van der Waals surface area contributed by atoms with Gasteiger partial charge in [-0.05, 0) is 43.5 Å². The van der Waals surface area contributed by atoms with E-state index in [1.807, 2.05) is 6.92 Å². The van der Waals surface area contributed by atoms with Crippen molar-refractivity contribution in [3.8, 4) is 0 Å². The van der Waals surface area contributed by atoms with Crippen molar-refractivity contribution in [3.05, 3.63) is 58.1 Å². The smallest absolute Gasteiger partial charge is 0.270 e. The van der Waals surface area contributed by atoms with Crippen LogP contribution >= 0.6 is 0 Å². The largest absolute Gasteiger partial charge is 0.312 e. The van der Waals surface area contributed by atoms with Gasteiger partial charge in [0.1, 0.15) is 0 Å². The van der Waals surface area contributed by atoms with Crippen LogP contribution < -0.4 is 9.62 Å². The number of aryl methyl sites for hydroxylation is 1. The minimum atomic E-state index is -4.00. The third-order valence-electron chi connectivity index (χ3n) is 4.41. The number of hydrogen-bond acceptors (Lipinski definition) is 5. The molecule has 8 nitrogen and oxygen atoms in total. The van der Waals surface area contributed by atoms with E-state index >= 15 is 0 Å². The second-order valence-electron chi connectivity index (χ2n) is 6.36. The van der Waals surface area contributed by atoms with Crippen LogP contribution in [-0.2, 0) is 14.8 Å². The summed E-state index contributed by atoms with van der Waals surface area (Å²) in [6, 6.07) is 9.80. The van der Waals surface area contributed by atoms with E-state index in [0.29, 0.717) is 24.3 Å². The van der Waals surface area contributed by atoms with Crippen molar-refractivity contribution in [1.82, 2.24) is 0 Å². The first-order chi connectivity index (χ1) is 12.8. The monoisotopic (exact) mass is 389 g/mol. The molecule has 0 spiro atoms. The predicted octanol–water partition coefficient (Wildman–Crippen LogP) is 3.22. The summed E-state index contributed by atoms with van der Waals surface area (Å²) in [6.07, 6.45) is 2.23. The first-order valence-electron chi connectivity index (χ1n) is 8.46. The predicted molar refractivity (Wildman–Crippen MR) is 101 cm³/mol. The fraction of sp³-hybridized carbons (Fsp3) is 0.278. The van der Waals surface area contributed by atoms with E-state index in [9.17, 15) is 23.3 Å². The third-order valence-corrected chi connectivity index (χ3v) is 5.79. The molecular weight excluding hydrogens is 370 g/mol. The highest BCUT2D eigenvalue weighted by atomic mass is 32.2. The average molecular weight is 389 g/mol. The number of carbonyl (C=O) groups excluding carboxylic acids is 1. The highest BCUT2D eigenvalue weighted by Gasteiger charge is 2.23. The number of nitrogens with zero attached hydrogens (tertiary/aromatic N) is 2. The zero-order valence-electron chi connectivity index (χ0n) is 14.7. The molecule has 0 aliphatic carbocycles. The number of nitro benzene ring substituents is 1. The molecule has 0 radical (unpaired) electrons. The molecule has 1 fully saturated rings. The van der Waals surface area contributed by atoms with E-state index in [2.05, 4.69) is 4.72 Å². The van der Waals surface area contributed by atoms with Crippen LogP contribution in [0.1, 0.15) is 24.8 Å². The fourth-order valence-corrected chi connectivity index (χ4v) is 4.09. The lowest BCUT2D eigenvalue weighted by molar-refractivity contribution is -0.385. The van der Waals surface area contributed by atoms with Gasteiger partial charge < -0.3 is 4.90 Å². The van der Waals surface area contributed by atoms with Crippen LogP contribution in [0.25, 0.3) is 0 Å². The Bertz CT molecular complexity index is 1000. The number of amides is 1. The van der Waals surface area contributed by atoms with Gasteiger partial charge in [-0.15, -0.1) is 0 Å². The maximum atomic E-state index is 12.6. The zero-order chi connectivity index (χ0) is 19.6. The number of anilines is 2. The van der Waals surface area contributed by atoms with E-state index in [1.54, 1.807) is 23.1 Å². The quantitative estimate of drug-likeness (QED) is 0.624. The number of non-ortho nitro benzene ring substituents is 1. The van der Waals surface area contributed by atoms with E-state index in [0.717, 1.165) is 24.5 Å². The minimum Gasteiger partial charge on any atom is -0.312 e. The molecule has 3 rings (SSSR count). The van der Waals surface area contributed by atoms with Crippen LogP contribution in [0, 0.1) is 17.0 Å². The highest BCUT2D eigenvalue weighted by Crippen LogP contribution is 2.29. The number of piperidine rings is 1. The second kappa shape index (κ2) is 7.36. The van der Waals surface area contributed by atoms with E-state index in [-0.39, 0.29) is 16.5 Å². The van der Waals surface area contributed by atoms with Crippen LogP contribution in [0.4, 0.5) is 17.1 Å². The van der Waals surface area contributed by atoms with Gasteiger partial charge in [-0.2, -0.15) is 0 Å². The van der Waals surface area contributed by atoms with E-state index in [4.69, 9.17) is 0 Å². The Morgan fingerprint density at radius 2 is 1.93 bits per heavy atom. The molecule has 0 atom stereocenters. The number of sulfonamides is 1. The van der Waals surface area contributed by atoms with Crippen LogP contribution in [0.3, 0.4) is 0 Å². The maximum absolute atomic E-state index is 12.6. The molecular formula is C18H19N3O5S. The second-order valence-corrected chi connectivity index (χ2v) is 8.05. The zero-order valence-corrected chi connectivity index (χ0v) is 15.5. The Labute approximate surface area is 157 Å². The Morgan fingerprint density at radius 3 is 2.63 bits per heavy atom. The molecule has 2 aromatic rings. The lowest BCUT2D eigenvalue weighted by Crippen LogP contribution is -2.35. The standard InChI is InChI=1S/C18H19N3O5S/c1-13-8-9-14(11-17(13)20-10-3-2-7-18(20)22)19-27(25,26)16-6-4-5-15(12-16)21(23)24/h4-6,8-9,11-12,19H,2-3,7,10H2,1H3. The van der Waals surface area contributed by atoms with Crippen LogP contribution in [0.5, 0.6) is 0 Å². The third kappa shape index (κ3) is 4.08. The summed E-state index contributed by atoms with van der Waals surface area (Å²) in [6.45, 7) is 2.46. The molecule has 1 aliphatic heterocycles. The van der Waals surface area contributed by atoms with Crippen LogP contribution in [0.2, 0.25) is 0 Å². The molecule has 27 heavy (non-hydrogen) atoms. The Hall–Kier alpha value is -2.94. The normalized spacial score (nSPS) is 14.9. The number of nitro groups is 1. The number of rotatable bonds is 5. The van der Waals surface area contributed by atoms with Gasteiger partial charge >= 0.3 is 0 Å².